The molecule has 90 valence electrons. The largest absolute Gasteiger partial charge is 0.248 e. The molecule has 0 nitrogen and oxygen atoms in total. The summed E-state index contributed by atoms with van der Waals surface area (Å²) in [7, 11) is 0. The van der Waals surface area contributed by atoms with Crippen LogP contribution in [0.1, 0.15) is 51.0 Å². The molecular formula is C14H20F2. The fourth-order valence-corrected chi connectivity index (χ4v) is 1.73. The maximum atomic E-state index is 11.9. The van der Waals surface area contributed by atoms with Gasteiger partial charge in [0.2, 0.25) is 5.92 Å². The summed E-state index contributed by atoms with van der Waals surface area (Å²) in [5.41, 5.74) is 1.41. The van der Waals surface area contributed by atoms with Crippen LogP contribution < -0.4 is 0 Å². The first kappa shape index (κ1) is 13.1. The molecule has 16 heavy (non-hydrogen) atoms. The van der Waals surface area contributed by atoms with Crippen molar-refractivity contribution in [1.29, 1.82) is 0 Å². The third-order valence-corrected chi connectivity index (χ3v) is 2.80. The maximum absolute atomic E-state index is 11.9. The van der Waals surface area contributed by atoms with Crippen LogP contribution in [0.5, 0.6) is 0 Å². The summed E-state index contributed by atoms with van der Waals surface area (Å²) < 4.78 is 23.9. The van der Waals surface area contributed by atoms with Gasteiger partial charge in [-0.2, -0.15) is 0 Å². The van der Waals surface area contributed by atoms with Gasteiger partial charge in [-0.15, -0.1) is 0 Å². The molecule has 1 aliphatic rings. The zero-order valence-electron chi connectivity index (χ0n) is 10.0. The van der Waals surface area contributed by atoms with Gasteiger partial charge in [0, 0.05) is 12.8 Å². The third kappa shape index (κ3) is 4.73. The minimum atomic E-state index is -2.31. The van der Waals surface area contributed by atoms with Crippen LogP contribution in [0, 0.1) is 0 Å². The average molecular weight is 226 g/mol. The lowest BCUT2D eigenvalue weighted by Gasteiger charge is -2.03. The van der Waals surface area contributed by atoms with Gasteiger partial charge < -0.3 is 0 Å². The molecule has 0 amide bonds. The third-order valence-electron chi connectivity index (χ3n) is 2.80. The molecule has 1 saturated carbocycles. The Kier molecular flexibility index (Phi) is 4.91. The predicted octanol–water partition coefficient (Wildman–Crippen LogP) is 5.01. The number of rotatable bonds is 1. The van der Waals surface area contributed by atoms with Crippen LogP contribution in [0.15, 0.2) is 30.3 Å². The summed E-state index contributed by atoms with van der Waals surface area (Å²) in [5, 5.41) is 0. The Morgan fingerprint density at radius 1 is 1.00 bits per heavy atom. The molecule has 0 N–H and O–H groups in total. The monoisotopic (exact) mass is 226 g/mol. The topological polar surface area (TPSA) is 0 Å². The van der Waals surface area contributed by atoms with Gasteiger partial charge >= 0.3 is 0 Å². The lowest BCUT2D eigenvalue weighted by molar-refractivity contribution is 0.00931. The Morgan fingerprint density at radius 3 is 1.75 bits per heavy atom. The van der Waals surface area contributed by atoms with Crippen LogP contribution in [-0.4, -0.2) is 5.92 Å². The van der Waals surface area contributed by atoms with Crippen molar-refractivity contribution in [2.24, 2.45) is 0 Å². The summed E-state index contributed by atoms with van der Waals surface area (Å²) in [4.78, 5) is 0. The first-order valence-electron chi connectivity index (χ1n) is 5.94. The fourth-order valence-electron chi connectivity index (χ4n) is 1.73. The van der Waals surface area contributed by atoms with Crippen molar-refractivity contribution >= 4 is 0 Å². The highest BCUT2D eigenvalue weighted by Crippen LogP contribution is 2.33. The van der Waals surface area contributed by atoms with E-state index in [4.69, 9.17) is 0 Å². The van der Waals surface area contributed by atoms with Gasteiger partial charge in [-0.25, -0.2) is 8.78 Å². The number of benzene rings is 1. The minimum absolute atomic E-state index is 0.118. The number of alkyl halides is 2. The molecule has 0 unspecified atom stereocenters. The Bertz CT molecular complexity index is 283. The summed E-state index contributed by atoms with van der Waals surface area (Å²) in [6.45, 7) is 4.41. The SMILES string of the molecule is CC(C)c1ccccc1.FC1(F)CCCC1. The van der Waals surface area contributed by atoms with E-state index in [1.807, 2.05) is 6.07 Å². The van der Waals surface area contributed by atoms with Crippen LogP contribution in [0.4, 0.5) is 8.78 Å². The second kappa shape index (κ2) is 5.97. The van der Waals surface area contributed by atoms with Gasteiger partial charge in [0.25, 0.3) is 0 Å². The second-order valence-electron chi connectivity index (χ2n) is 4.63. The summed E-state index contributed by atoms with van der Waals surface area (Å²) in [5.74, 6) is -1.65. The van der Waals surface area contributed by atoms with E-state index in [2.05, 4.69) is 38.1 Å². The summed E-state index contributed by atoms with van der Waals surface area (Å²) >= 11 is 0. The smallest absolute Gasteiger partial charge is 0.207 e. The van der Waals surface area contributed by atoms with E-state index < -0.39 is 5.92 Å². The Morgan fingerprint density at radius 2 is 1.50 bits per heavy atom. The molecule has 0 atom stereocenters. The van der Waals surface area contributed by atoms with Gasteiger partial charge in [0.05, 0.1) is 0 Å². The van der Waals surface area contributed by atoms with E-state index in [9.17, 15) is 8.78 Å². The molecule has 1 aliphatic carbocycles. The van der Waals surface area contributed by atoms with Crippen molar-refractivity contribution in [2.75, 3.05) is 0 Å². The minimum Gasteiger partial charge on any atom is -0.207 e. The molecule has 1 aromatic rings. The summed E-state index contributed by atoms with van der Waals surface area (Å²) in [6, 6.07) is 10.5. The highest BCUT2D eigenvalue weighted by atomic mass is 19.3. The van der Waals surface area contributed by atoms with Crippen LogP contribution in [0.25, 0.3) is 0 Å². The van der Waals surface area contributed by atoms with Crippen molar-refractivity contribution in [3.63, 3.8) is 0 Å². The number of halogens is 2. The first-order chi connectivity index (χ1) is 7.51. The van der Waals surface area contributed by atoms with E-state index in [-0.39, 0.29) is 12.8 Å². The van der Waals surface area contributed by atoms with Crippen LogP contribution in [-0.2, 0) is 0 Å². The quantitative estimate of drug-likeness (QED) is 0.631. The lowest BCUT2D eigenvalue weighted by Crippen LogP contribution is -2.06. The molecule has 2 rings (SSSR count). The predicted molar refractivity (Wildman–Crippen MR) is 63.9 cm³/mol. The molecule has 1 aromatic carbocycles. The average Bonchev–Trinajstić information content (AvgIpc) is 2.65. The van der Waals surface area contributed by atoms with E-state index in [1.54, 1.807) is 0 Å². The normalized spacial score (nSPS) is 18.1. The van der Waals surface area contributed by atoms with Crippen molar-refractivity contribution < 1.29 is 8.78 Å². The first-order valence-corrected chi connectivity index (χ1v) is 5.94. The molecule has 0 saturated heterocycles. The van der Waals surface area contributed by atoms with Gasteiger partial charge in [-0.05, 0) is 24.3 Å². The lowest BCUT2D eigenvalue weighted by atomic mass is 10.0. The Hall–Kier alpha value is -0.920. The van der Waals surface area contributed by atoms with Crippen molar-refractivity contribution in [2.45, 2.75) is 51.4 Å². The van der Waals surface area contributed by atoms with Gasteiger partial charge in [0.15, 0.2) is 0 Å². The molecule has 0 bridgehead atoms. The molecule has 0 radical (unpaired) electrons. The van der Waals surface area contributed by atoms with Crippen LogP contribution in [0.3, 0.4) is 0 Å². The molecule has 0 aliphatic heterocycles. The molecule has 0 spiro atoms. The Labute approximate surface area is 96.7 Å². The van der Waals surface area contributed by atoms with Crippen LogP contribution in [0.2, 0.25) is 0 Å². The van der Waals surface area contributed by atoms with Gasteiger partial charge in [0.1, 0.15) is 0 Å². The maximum Gasteiger partial charge on any atom is 0.248 e. The molecule has 0 heterocycles. The standard InChI is InChI=1S/C9H12.C5H8F2/c1-8(2)9-6-4-3-5-7-9;6-5(7)3-1-2-4-5/h3-8H,1-2H3;1-4H2. The second-order valence-corrected chi connectivity index (χ2v) is 4.63. The zero-order valence-corrected chi connectivity index (χ0v) is 10.0. The Balaban J connectivity index is 0.000000165. The molecule has 0 aromatic heterocycles. The van der Waals surface area contributed by atoms with Crippen molar-refractivity contribution in [3.8, 4) is 0 Å². The van der Waals surface area contributed by atoms with E-state index in [0.717, 1.165) is 0 Å². The fraction of sp³-hybridized carbons (Fsp3) is 0.571. The number of hydrogen-bond acceptors (Lipinski definition) is 0. The highest BCUT2D eigenvalue weighted by Gasteiger charge is 2.32. The van der Waals surface area contributed by atoms with Gasteiger partial charge in [-0.1, -0.05) is 44.2 Å². The highest BCUT2D eigenvalue weighted by molar-refractivity contribution is 5.17. The molecule has 2 heteroatoms. The van der Waals surface area contributed by atoms with E-state index in [1.165, 1.54) is 5.56 Å². The van der Waals surface area contributed by atoms with E-state index >= 15 is 0 Å². The zero-order chi connectivity index (χ0) is 12.0. The van der Waals surface area contributed by atoms with E-state index in [0.29, 0.717) is 18.8 Å². The number of hydrogen-bond donors (Lipinski definition) is 0. The van der Waals surface area contributed by atoms with Crippen molar-refractivity contribution in [3.05, 3.63) is 35.9 Å². The molecular weight excluding hydrogens is 206 g/mol. The van der Waals surface area contributed by atoms with Crippen molar-refractivity contribution in [1.82, 2.24) is 0 Å². The van der Waals surface area contributed by atoms with Crippen LogP contribution >= 0.6 is 0 Å². The van der Waals surface area contributed by atoms with Gasteiger partial charge in [-0.3, -0.25) is 0 Å². The summed E-state index contributed by atoms with van der Waals surface area (Å²) in [6.07, 6.45) is 1.67. The molecule has 1 fully saturated rings.